The van der Waals surface area contributed by atoms with Crippen LogP contribution in [0, 0.1) is 0 Å². The number of ether oxygens (including phenoxy) is 3. The number of halogens is 2. The van der Waals surface area contributed by atoms with E-state index in [1.807, 2.05) is 6.92 Å². The van der Waals surface area contributed by atoms with E-state index in [2.05, 4.69) is 0 Å². The van der Waals surface area contributed by atoms with Crippen molar-refractivity contribution in [2.24, 2.45) is 0 Å². The topological polar surface area (TPSA) is 61.8 Å². The van der Waals surface area contributed by atoms with Gasteiger partial charge < -0.3 is 14.2 Å². The average Bonchev–Trinajstić information content (AvgIpc) is 2.44. The molecule has 0 bridgehead atoms. The second-order valence-electron chi connectivity index (χ2n) is 4.09. The van der Waals surface area contributed by atoms with Gasteiger partial charge in [0.05, 0.1) is 11.6 Å². The highest BCUT2D eigenvalue weighted by molar-refractivity contribution is 6.43. The minimum atomic E-state index is -0.680. The Balaban J connectivity index is 2.28. The van der Waals surface area contributed by atoms with E-state index in [9.17, 15) is 9.59 Å². The lowest BCUT2D eigenvalue weighted by Crippen LogP contribution is -2.20. The number of carbonyl (C=O) groups is 2. The molecule has 1 aromatic carbocycles. The van der Waals surface area contributed by atoms with E-state index < -0.39 is 11.9 Å². The van der Waals surface area contributed by atoms with Gasteiger partial charge in [-0.15, -0.1) is 0 Å². The molecule has 0 unspecified atom stereocenters. The van der Waals surface area contributed by atoms with Crippen LogP contribution in [0.4, 0.5) is 0 Å². The molecule has 0 aliphatic rings. The highest BCUT2D eigenvalue weighted by atomic mass is 35.5. The largest absolute Gasteiger partial charge is 0.464 e. The van der Waals surface area contributed by atoms with Crippen molar-refractivity contribution in [3.8, 4) is 5.75 Å². The molecule has 0 spiro atoms. The maximum absolute atomic E-state index is 11.5. The zero-order chi connectivity index (χ0) is 15.7. The van der Waals surface area contributed by atoms with E-state index in [1.165, 1.54) is 6.07 Å². The first-order valence-electron chi connectivity index (χ1n) is 6.42. The Morgan fingerprint density at radius 2 is 1.86 bits per heavy atom. The quantitative estimate of drug-likeness (QED) is 0.415. The van der Waals surface area contributed by atoms with Gasteiger partial charge in [0.2, 0.25) is 0 Å². The van der Waals surface area contributed by atoms with Crippen LogP contribution < -0.4 is 4.74 Å². The van der Waals surface area contributed by atoms with Crippen molar-refractivity contribution in [2.75, 3.05) is 19.8 Å². The molecular weight excluding hydrogens is 319 g/mol. The molecule has 0 aliphatic heterocycles. The van der Waals surface area contributed by atoms with Crippen molar-refractivity contribution in [2.45, 2.75) is 19.8 Å². The van der Waals surface area contributed by atoms with Crippen LogP contribution in [0.15, 0.2) is 18.2 Å². The summed E-state index contributed by atoms with van der Waals surface area (Å²) in [5, 5.41) is 0.425. The van der Waals surface area contributed by atoms with Crippen molar-refractivity contribution in [3.05, 3.63) is 28.2 Å². The van der Waals surface area contributed by atoms with Crippen LogP contribution in [-0.2, 0) is 19.1 Å². The molecule has 1 aromatic rings. The van der Waals surface area contributed by atoms with E-state index >= 15 is 0 Å². The summed E-state index contributed by atoms with van der Waals surface area (Å²) in [6.07, 6.45) is 1.72. The van der Waals surface area contributed by atoms with Crippen LogP contribution >= 0.6 is 23.2 Å². The summed E-state index contributed by atoms with van der Waals surface area (Å²) in [6, 6.07) is 4.68. The molecular formula is C14H16Cl2O5. The van der Waals surface area contributed by atoms with Crippen molar-refractivity contribution in [1.29, 1.82) is 0 Å². The van der Waals surface area contributed by atoms with Gasteiger partial charge in [-0.05, 0) is 18.6 Å². The Kier molecular flexibility index (Phi) is 8.12. The molecule has 0 amide bonds. The molecule has 0 radical (unpaired) electrons. The third-order valence-corrected chi connectivity index (χ3v) is 3.14. The summed E-state index contributed by atoms with van der Waals surface area (Å²) < 4.78 is 14.7. The minimum absolute atomic E-state index is 0.142. The molecule has 0 fully saturated rings. The molecule has 0 saturated heterocycles. The summed E-state index contributed by atoms with van der Waals surface area (Å²) in [5.41, 5.74) is 0. The molecule has 0 atom stereocenters. The van der Waals surface area contributed by atoms with E-state index in [1.54, 1.807) is 12.1 Å². The molecule has 116 valence electrons. The van der Waals surface area contributed by atoms with Gasteiger partial charge in [0.25, 0.3) is 0 Å². The zero-order valence-electron chi connectivity index (χ0n) is 11.6. The lowest BCUT2D eigenvalue weighted by atomic mass is 10.3. The number of unbranched alkanes of at least 4 members (excludes halogenated alkanes) is 1. The van der Waals surface area contributed by atoms with Crippen LogP contribution in [0.1, 0.15) is 19.8 Å². The first kappa shape index (κ1) is 17.8. The normalized spacial score (nSPS) is 10.2. The Morgan fingerprint density at radius 3 is 2.57 bits per heavy atom. The summed E-state index contributed by atoms with van der Waals surface area (Å²) in [4.78, 5) is 22.7. The fraction of sp³-hybridized carbons (Fsp3) is 0.429. The van der Waals surface area contributed by atoms with Gasteiger partial charge in [0, 0.05) is 0 Å². The van der Waals surface area contributed by atoms with Gasteiger partial charge >= 0.3 is 11.9 Å². The number of hydrogen-bond donors (Lipinski definition) is 0. The molecule has 0 heterocycles. The Hall–Kier alpha value is -1.30. The smallest absolute Gasteiger partial charge is 0.337 e. The predicted octanol–water partition coefficient (Wildman–Crippen LogP) is 3.26. The van der Waals surface area contributed by atoms with Crippen LogP contribution in [0.2, 0.25) is 10.0 Å². The minimum Gasteiger partial charge on any atom is -0.464 e. The van der Waals surface area contributed by atoms with Gasteiger partial charge in [0.15, 0.2) is 5.75 Å². The number of benzene rings is 1. The van der Waals surface area contributed by atoms with Crippen molar-refractivity contribution in [3.63, 3.8) is 0 Å². The number of carbonyl (C=O) groups excluding carboxylic acids is 2. The predicted molar refractivity (Wildman–Crippen MR) is 78.8 cm³/mol. The zero-order valence-corrected chi connectivity index (χ0v) is 13.1. The Bertz CT molecular complexity index is 490. The first-order valence-corrected chi connectivity index (χ1v) is 7.18. The standard InChI is InChI=1S/C14H16Cl2O5/c1-2-3-7-20-12(17)8-19-9-13(18)21-11-6-4-5-10(15)14(11)16/h4-6H,2-3,7-9H2,1H3. The monoisotopic (exact) mass is 334 g/mol. The first-order chi connectivity index (χ1) is 10.0. The second-order valence-corrected chi connectivity index (χ2v) is 4.88. The van der Waals surface area contributed by atoms with Crippen LogP contribution in [0.3, 0.4) is 0 Å². The van der Waals surface area contributed by atoms with E-state index in [0.29, 0.717) is 6.61 Å². The number of rotatable bonds is 8. The molecule has 1 rings (SSSR count). The number of hydrogen-bond acceptors (Lipinski definition) is 5. The van der Waals surface area contributed by atoms with Crippen LogP contribution in [0.25, 0.3) is 0 Å². The maximum atomic E-state index is 11.5. The number of esters is 2. The van der Waals surface area contributed by atoms with Gasteiger partial charge in [0.1, 0.15) is 18.2 Å². The van der Waals surface area contributed by atoms with Gasteiger partial charge in [-0.3, -0.25) is 0 Å². The van der Waals surface area contributed by atoms with Gasteiger partial charge in [-0.25, -0.2) is 9.59 Å². The molecule has 0 aliphatic carbocycles. The van der Waals surface area contributed by atoms with Gasteiger partial charge in [-0.1, -0.05) is 42.6 Å². The summed E-state index contributed by atoms with van der Waals surface area (Å²) in [7, 11) is 0. The van der Waals surface area contributed by atoms with Crippen molar-refractivity contribution in [1.82, 2.24) is 0 Å². The lowest BCUT2D eigenvalue weighted by molar-refractivity contribution is -0.152. The maximum Gasteiger partial charge on any atom is 0.337 e. The summed E-state index contributed by atoms with van der Waals surface area (Å²) in [5.74, 6) is -1.05. The summed E-state index contributed by atoms with van der Waals surface area (Å²) >= 11 is 11.7. The average molecular weight is 335 g/mol. The highest BCUT2D eigenvalue weighted by Crippen LogP contribution is 2.31. The fourth-order valence-corrected chi connectivity index (χ4v) is 1.64. The summed E-state index contributed by atoms with van der Waals surface area (Å²) in [6.45, 7) is 1.65. The van der Waals surface area contributed by atoms with E-state index in [-0.39, 0.29) is 29.0 Å². The van der Waals surface area contributed by atoms with E-state index in [4.69, 9.17) is 37.4 Å². The van der Waals surface area contributed by atoms with Crippen molar-refractivity contribution >= 4 is 35.1 Å². The molecule has 21 heavy (non-hydrogen) atoms. The third-order valence-electron chi connectivity index (χ3n) is 2.34. The van der Waals surface area contributed by atoms with Crippen LogP contribution in [-0.4, -0.2) is 31.8 Å². The fourth-order valence-electron chi connectivity index (χ4n) is 1.30. The SMILES string of the molecule is CCCCOC(=O)COCC(=O)Oc1cccc(Cl)c1Cl. The second kappa shape index (κ2) is 9.60. The van der Waals surface area contributed by atoms with Gasteiger partial charge in [-0.2, -0.15) is 0 Å². The van der Waals surface area contributed by atoms with Crippen molar-refractivity contribution < 1.29 is 23.8 Å². The van der Waals surface area contributed by atoms with E-state index in [0.717, 1.165) is 12.8 Å². The molecule has 7 heteroatoms. The Labute approximate surface area is 133 Å². The van der Waals surface area contributed by atoms with Crippen LogP contribution in [0.5, 0.6) is 5.75 Å². The third kappa shape index (κ3) is 6.80. The molecule has 0 aromatic heterocycles. The Morgan fingerprint density at radius 1 is 1.14 bits per heavy atom. The molecule has 0 saturated carbocycles. The molecule has 0 N–H and O–H groups in total. The highest BCUT2D eigenvalue weighted by Gasteiger charge is 2.12. The lowest BCUT2D eigenvalue weighted by Gasteiger charge is -2.07. The molecule has 5 nitrogen and oxygen atoms in total.